The van der Waals surface area contributed by atoms with E-state index in [1.54, 1.807) is 7.11 Å². The van der Waals surface area contributed by atoms with E-state index in [1.807, 2.05) is 58.3 Å². The molecule has 0 aromatic heterocycles. The lowest BCUT2D eigenvalue weighted by molar-refractivity contribution is 0.172. The third-order valence-corrected chi connectivity index (χ3v) is 4.88. The maximum Gasteiger partial charge on any atom is 0.325 e. The highest BCUT2D eigenvalue weighted by molar-refractivity contribution is 9.10. The van der Waals surface area contributed by atoms with Gasteiger partial charge in [-0.3, -0.25) is 4.90 Å². The van der Waals surface area contributed by atoms with Gasteiger partial charge in [0.15, 0.2) is 0 Å². The van der Waals surface area contributed by atoms with E-state index in [1.165, 1.54) is 0 Å². The van der Waals surface area contributed by atoms with Crippen LogP contribution in [-0.4, -0.2) is 30.1 Å². The van der Waals surface area contributed by atoms with Crippen LogP contribution in [0.1, 0.15) is 19.4 Å². The van der Waals surface area contributed by atoms with Gasteiger partial charge in [0.05, 0.1) is 19.2 Å². The van der Waals surface area contributed by atoms with Crippen molar-refractivity contribution in [2.75, 3.05) is 18.6 Å². The van der Waals surface area contributed by atoms with Gasteiger partial charge in [-0.15, -0.1) is 0 Å². The molecule has 1 aliphatic rings. The Labute approximate surface area is 151 Å². The maximum atomic E-state index is 13.0. The van der Waals surface area contributed by atoms with Crippen molar-refractivity contribution in [3.63, 3.8) is 0 Å². The molecule has 24 heavy (non-hydrogen) atoms. The highest BCUT2D eigenvalue weighted by Gasteiger charge is 2.43. The van der Waals surface area contributed by atoms with Crippen molar-refractivity contribution in [3.05, 3.63) is 58.6 Å². The number of hydrogen-bond donors (Lipinski definition) is 0. The molecule has 0 unspecified atom stereocenters. The summed E-state index contributed by atoms with van der Waals surface area (Å²) in [6.45, 7) is 5.43. The van der Waals surface area contributed by atoms with E-state index < -0.39 is 0 Å². The molecule has 1 aliphatic heterocycles. The number of amides is 2. The highest BCUT2D eigenvalue weighted by atomic mass is 79.9. The minimum absolute atomic E-state index is 0.0325. The van der Waals surface area contributed by atoms with Gasteiger partial charge in [-0.05, 0) is 55.8 Å². The number of halogens is 1. The summed E-state index contributed by atoms with van der Waals surface area (Å²) >= 11 is 3.44. The fraction of sp³-hybridized carbons (Fsp3) is 0.316. The predicted molar refractivity (Wildman–Crippen MR) is 99.5 cm³/mol. The monoisotopic (exact) mass is 388 g/mol. The molecule has 5 heteroatoms. The Bertz CT molecular complexity index is 743. The summed E-state index contributed by atoms with van der Waals surface area (Å²) in [5, 5.41) is 0. The molecule has 0 spiro atoms. The van der Waals surface area contributed by atoms with Crippen LogP contribution in [0.15, 0.2) is 53.0 Å². The molecule has 0 N–H and O–H groups in total. The minimum Gasteiger partial charge on any atom is -0.497 e. The predicted octanol–water partition coefficient (Wildman–Crippen LogP) is 4.68. The van der Waals surface area contributed by atoms with Gasteiger partial charge >= 0.3 is 6.03 Å². The van der Waals surface area contributed by atoms with E-state index >= 15 is 0 Å². The second-order valence-corrected chi connectivity index (χ2v) is 7.51. The third kappa shape index (κ3) is 3.26. The number of hydrogen-bond acceptors (Lipinski definition) is 2. The van der Waals surface area contributed by atoms with Crippen LogP contribution in [0, 0.1) is 0 Å². The number of carbonyl (C=O) groups is 1. The van der Waals surface area contributed by atoms with Crippen LogP contribution in [-0.2, 0) is 6.54 Å². The second kappa shape index (κ2) is 6.48. The van der Waals surface area contributed by atoms with E-state index in [0.717, 1.165) is 21.5 Å². The average molecular weight is 389 g/mol. The zero-order valence-corrected chi connectivity index (χ0v) is 15.7. The first kappa shape index (κ1) is 16.8. The smallest absolute Gasteiger partial charge is 0.325 e. The van der Waals surface area contributed by atoms with Crippen LogP contribution in [0.25, 0.3) is 0 Å². The first-order chi connectivity index (χ1) is 11.4. The van der Waals surface area contributed by atoms with E-state index in [-0.39, 0.29) is 11.6 Å². The van der Waals surface area contributed by atoms with E-state index in [9.17, 15) is 4.79 Å². The van der Waals surface area contributed by atoms with Crippen LogP contribution in [0.2, 0.25) is 0 Å². The van der Waals surface area contributed by atoms with Gasteiger partial charge in [-0.1, -0.05) is 28.1 Å². The summed E-state index contributed by atoms with van der Waals surface area (Å²) in [7, 11) is 1.65. The Morgan fingerprint density at radius 2 is 1.88 bits per heavy atom. The summed E-state index contributed by atoms with van der Waals surface area (Å²) in [6, 6.07) is 15.7. The minimum atomic E-state index is -0.243. The SMILES string of the molecule is COc1cccc(CN2C(=O)N(c3ccc(Br)cc3)CC2(C)C)c1. The Hall–Kier alpha value is -2.01. The van der Waals surface area contributed by atoms with Crippen LogP contribution >= 0.6 is 15.9 Å². The number of urea groups is 1. The first-order valence-corrected chi connectivity index (χ1v) is 8.68. The molecule has 3 rings (SSSR count). The molecule has 1 fully saturated rings. The lowest BCUT2D eigenvalue weighted by Gasteiger charge is -2.29. The summed E-state index contributed by atoms with van der Waals surface area (Å²) in [4.78, 5) is 16.7. The van der Waals surface area contributed by atoms with Crippen molar-refractivity contribution in [1.29, 1.82) is 0 Å². The molecule has 0 saturated carbocycles. The lowest BCUT2D eigenvalue weighted by atomic mass is 10.0. The Balaban J connectivity index is 1.85. The summed E-state index contributed by atoms with van der Waals surface area (Å²) in [5.74, 6) is 0.807. The Morgan fingerprint density at radius 1 is 1.17 bits per heavy atom. The number of methoxy groups -OCH3 is 1. The molecule has 126 valence electrons. The second-order valence-electron chi connectivity index (χ2n) is 6.60. The number of carbonyl (C=O) groups excluding carboxylic acids is 1. The fourth-order valence-electron chi connectivity index (χ4n) is 3.00. The number of nitrogens with zero attached hydrogens (tertiary/aromatic N) is 2. The van der Waals surface area contributed by atoms with Gasteiger partial charge in [0, 0.05) is 16.7 Å². The van der Waals surface area contributed by atoms with Crippen molar-refractivity contribution >= 4 is 27.6 Å². The quantitative estimate of drug-likeness (QED) is 0.761. The largest absolute Gasteiger partial charge is 0.497 e. The van der Waals surface area contributed by atoms with Gasteiger partial charge in [0.1, 0.15) is 5.75 Å². The molecule has 2 aromatic rings. The molecular formula is C19H21BrN2O2. The maximum absolute atomic E-state index is 13.0. The van der Waals surface area contributed by atoms with Crippen LogP contribution in [0.4, 0.5) is 10.5 Å². The van der Waals surface area contributed by atoms with Gasteiger partial charge < -0.3 is 9.64 Å². The average Bonchev–Trinajstić information content (AvgIpc) is 2.79. The molecule has 2 aromatic carbocycles. The molecule has 1 saturated heterocycles. The zero-order valence-electron chi connectivity index (χ0n) is 14.1. The van der Waals surface area contributed by atoms with E-state index in [4.69, 9.17) is 4.74 Å². The number of benzene rings is 2. The van der Waals surface area contributed by atoms with Gasteiger partial charge in [0.2, 0.25) is 0 Å². The van der Waals surface area contributed by atoms with Crippen LogP contribution in [0.3, 0.4) is 0 Å². The zero-order chi connectivity index (χ0) is 17.3. The summed E-state index contributed by atoms with van der Waals surface area (Å²) in [6.07, 6.45) is 0. The molecule has 0 bridgehead atoms. The Kier molecular flexibility index (Phi) is 4.54. The standard InChI is InChI=1S/C19H21BrN2O2/c1-19(2)13-21(16-9-7-15(20)8-10-16)18(23)22(19)12-14-5-4-6-17(11-14)24-3/h4-11H,12-13H2,1-3H3. The molecule has 1 heterocycles. The molecule has 0 radical (unpaired) electrons. The number of anilines is 1. The van der Waals surface area contributed by atoms with Crippen molar-refractivity contribution in [2.24, 2.45) is 0 Å². The van der Waals surface area contributed by atoms with Crippen molar-refractivity contribution in [2.45, 2.75) is 25.9 Å². The Morgan fingerprint density at radius 3 is 2.54 bits per heavy atom. The lowest BCUT2D eigenvalue weighted by Crippen LogP contribution is -2.41. The molecule has 0 aliphatic carbocycles. The van der Waals surface area contributed by atoms with Gasteiger partial charge in [-0.2, -0.15) is 0 Å². The topological polar surface area (TPSA) is 32.8 Å². The molecule has 2 amide bonds. The van der Waals surface area contributed by atoms with Crippen molar-refractivity contribution in [1.82, 2.24) is 4.90 Å². The normalized spacial score (nSPS) is 16.6. The first-order valence-electron chi connectivity index (χ1n) is 7.88. The summed E-state index contributed by atoms with van der Waals surface area (Å²) < 4.78 is 6.29. The van der Waals surface area contributed by atoms with Crippen molar-refractivity contribution in [3.8, 4) is 5.75 Å². The third-order valence-electron chi connectivity index (χ3n) is 4.35. The number of ether oxygens (including phenoxy) is 1. The van der Waals surface area contributed by atoms with Gasteiger partial charge in [-0.25, -0.2) is 4.79 Å². The van der Waals surface area contributed by atoms with Crippen LogP contribution in [0.5, 0.6) is 5.75 Å². The highest BCUT2D eigenvalue weighted by Crippen LogP contribution is 2.32. The van der Waals surface area contributed by atoms with Gasteiger partial charge in [0.25, 0.3) is 0 Å². The van der Waals surface area contributed by atoms with Crippen molar-refractivity contribution < 1.29 is 9.53 Å². The molecular weight excluding hydrogens is 368 g/mol. The van der Waals surface area contributed by atoms with E-state index in [2.05, 4.69) is 29.8 Å². The summed E-state index contributed by atoms with van der Waals surface area (Å²) in [5.41, 5.74) is 1.74. The molecule has 0 atom stereocenters. The van der Waals surface area contributed by atoms with E-state index in [0.29, 0.717) is 13.1 Å². The van der Waals surface area contributed by atoms with Crippen LogP contribution < -0.4 is 9.64 Å². The fourth-order valence-corrected chi connectivity index (χ4v) is 3.27. The number of rotatable bonds is 4. The molecule has 4 nitrogen and oxygen atoms in total.